The molecule has 15 nitrogen and oxygen atoms in total. The molecule has 62 heavy (non-hydrogen) atoms. The van der Waals surface area contributed by atoms with Crippen LogP contribution in [0.15, 0.2) is 35.9 Å². The van der Waals surface area contributed by atoms with Gasteiger partial charge in [0.15, 0.2) is 24.8 Å². The molecule has 0 amide bonds. The standard InChI is InChI=1S/C47H68O15/c1-24(2)8-15-34(50)25(3)47(55)37(21-33-31-14-11-28-20-29(49)16-18-45(28,5)32(31)17-19-46(33,47)6)60-44-41(59-26(4)48)39(36(52)23-58-44)62-43-40(38(53)35(51)22-57-43)61-42(54)27-9-12-30(56-7)13-10-27/h9-13,24-25,29,31-33,35-41,43-44,49,51-53,55H,8,14-23H2,1-7H3/t25?,29-,31?,32?,33?,35+,36-,37?,38-,39-,40+,41+,43-,44?,45-,46-,47+/m0/s1. The van der Waals surface area contributed by atoms with Crippen molar-refractivity contribution >= 4 is 17.7 Å². The van der Waals surface area contributed by atoms with Crippen molar-refractivity contribution in [3.63, 3.8) is 0 Å². The second kappa shape index (κ2) is 18.5. The average molecular weight is 873 g/mol. The molecule has 0 bridgehead atoms. The van der Waals surface area contributed by atoms with Crippen LogP contribution >= 0.6 is 0 Å². The largest absolute Gasteiger partial charge is 0.497 e. The first-order valence-corrected chi connectivity index (χ1v) is 22.6. The minimum Gasteiger partial charge on any atom is -0.497 e. The predicted molar refractivity (Wildman–Crippen MR) is 221 cm³/mol. The van der Waals surface area contributed by atoms with E-state index >= 15 is 0 Å². The molecule has 1 aromatic carbocycles. The molecule has 4 aliphatic carbocycles. The maximum Gasteiger partial charge on any atom is 0.338 e. The number of aliphatic hydroxyl groups is 5. The zero-order chi connectivity index (χ0) is 44.9. The van der Waals surface area contributed by atoms with Gasteiger partial charge >= 0.3 is 11.9 Å². The van der Waals surface area contributed by atoms with Gasteiger partial charge < -0.3 is 58.7 Å². The van der Waals surface area contributed by atoms with Crippen LogP contribution in [-0.2, 0) is 38.0 Å². The van der Waals surface area contributed by atoms with Crippen molar-refractivity contribution in [3.8, 4) is 5.75 Å². The molecule has 2 saturated heterocycles. The summed E-state index contributed by atoms with van der Waals surface area (Å²) in [6.07, 6.45) is -5.12. The highest BCUT2D eigenvalue weighted by Crippen LogP contribution is 2.69. The molecule has 6 unspecified atom stereocenters. The van der Waals surface area contributed by atoms with E-state index in [-0.39, 0.29) is 53.6 Å². The monoisotopic (exact) mass is 872 g/mol. The maximum atomic E-state index is 14.2. The highest BCUT2D eigenvalue weighted by Gasteiger charge is 2.70. The highest BCUT2D eigenvalue weighted by atomic mass is 16.8. The number of esters is 2. The van der Waals surface area contributed by atoms with E-state index in [1.807, 2.05) is 0 Å². The van der Waals surface area contributed by atoms with Gasteiger partial charge in [-0.25, -0.2) is 4.79 Å². The number of benzene rings is 1. The molecule has 5 N–H and O–H groups in total. The molecule has 2 heterocycles. The number of aliphatic hydroxyl groups excluding tert-OH is 4. The minimum absolute atomic E-state index is 0.0591. The first-order valence-electron chi connectivity index (χ1n) is 22.6. The third kappa shape index (κ3) is 8.62. The Morgan fingerprint density at radius 2 is 1.53 bits per heavy atom. The van der Waals surface area contributed by atoms with Gasteiger partial charge in [-0.3, -0.25) is 9.59 Å². The first kappa shape index (κ1) is 47.0. The van der Waals surface area contributed by atoms with Crippen molar-refractivity contribution in [3.05, 3.63) is 41.5 Å². The number of allylic oxidation sites excluding steroid dienone is 1. The zero-order valence-electron chi connectivity index (χ0n) is 37.1. The van der Waals surface area contributed by atoms with Crippen molar-refractivity contribution in [2.75, 3.05) is 20.3 Å². The fourth-order valence-corrected chi connectivity index (χ4v) is 12.1. The van der Waals surface area contributed by atoms with Crippen molar-refractivity contribution in [2.45, 2.75) is 166 Å². The van der Waals surface area contributed by atoms with Gasteiger partial charge in [0.2, 0.25) is 0 Å². The van der Waals surface area contributed by atoms with E-state index in [1.165, 1.54) is 31.7 Å². The number of ether oxygens (including phenoxy) is 7. The molecule has 346 valence electrons. The quantitative estimate of drug-likeness (QED) is 0.140. The summed E-state index contributed by atoms with van der Waals surface area (Å²) < 4.78 is 41.7. The third-order valence-corrected chi connectivity index (χ3v) is 15.7. The summed E-state index contributed by atoms with van der Waals surface area (Å²) in [5.74, 6) is -1.30. The van der Waals surface area contributed by atoms with Crippen molar-refractivity contribution in [2.24, 2.45) is 40.4 Å². The van der Waals surface area contributed by atoms with E-state index in [1.54, 1.807) is 19.1 Å². The topological polar surface area (TPSA) is 217 Å². The van der Waals surface area contributed by atoms with Crippen LogP contribution in [0.5, 0.6) is 5.75 Å². The summed E-state index contributed by atoms with van der Waals surface area (Å²) in [7, 11) is 1.48. The number of Topliss-reactive ketones (excluding diaryl/α,β-unsaturated/α-hetero) is 1. The van der Waals surface area contributed by atoms with Crippen LogP contribution in [0.4, 0.5) is 0 Å². The van der Waals surface area contributed by atoms with Gasteiger partial charge in [-0.05, 0) is 105 Å². The van der Waals surface area contributed by atoms with Crippen LogP contribution in [0.25, 0.3) is 0 Å². The Hall–Kier alpha value is -2.99. The summed E-state index contributed by atoms with van der Waals surface area (Å²) in [5, 5.41) is 57.1. The van der Waals surface area contributed by atoms with Crippen LogP contribution in [0.3, 0.4) is 0 Å². The minimum atomic E-state index is -1.67. The molecule has 5 fully saturated rings. The van der Waals surface area contributed by atoms with Gasteiger partial charge in [-0.15, -0.1) is 0 Å². The van der Waals surface area contributed by atoms with Gasteiger partial charge in [-0.1, -0.05) is 46.3 Å². The molecule has 3 saturated carbocycles. The third-order valence-electron chi connectivity index (χ3n) is 15.7. The van der Waals surface area contributed by atoms with Crippen LogP contribution in [0, 0.1) is 40.4 Å². The van der Waals surface area contributed by atoms with Gasteiger partial charge in [0.1, 0.15) is 41.5 Å². The fourth-order valence-electron chi connectivity index (χ4n) is 12.1. The number of methoxy groups -OCH3 is 1. The van der Waals surface area contributed by atoms with E-state index in [0.29, 0.717) is 37.4 Å². The Labute approximate surface area is 364 Å². The van der Waals surface area contributed by atoms with Gasteiger partial charge in [0.25, 0.3) is 0 Å². The van der Waals surface area contributed by atoms with Crippen LogP contribution < -0.4 is 4.74 Å². The highest BCUT2D eigenvalue weighted by molar-refractivity contribution is 5.89. The Morgan fingerprint density at radius 1 is 0.855 bits per heavy atom. The molecule has 0 aromatic heterocycles. The smallest absolute Gasteiger partial charge is 0.338 e. The van der Waals surface area contributed by atoms with E-state index < -0.39 is 90.8 Å². The van der Waals surface area contributed by atoms with Crippen LogP contribution in [0.2, 0.25) is 0 Å². The molecule has 7 rings (SSSR count). The molecule has 15 heteroatoms. The normalized spacial score (nSPS) is 42.1. The Balaban J connectivity index is 1.18. The lowest BCUT2D eigenvalue weighted by atomic mass is 9.46. The summed E-state index contributed by atoms with van der Waals surface area (Å²) >= 11 is 0. The first-order chi connectivity index (χ1) is 29.3. The fraction of sp³-hybridized carbons (Fsp3) is 0.766. The van der Waals surface area contributed by atoms with Gasteiger partial charge in [-0.2, -0.15) is 0 Å². The average Bonchev–Trinajstić information content (AvgIpc) is 3.47. The zero-order valence-corrected chi connectivity index (χ0v) is 37.1. The summed E-state index contributed by atoms with van der Waals surface area (Å²) in [5.41, 5.74) is -1.08. The lowest BCUT2D eigenvalue weighted by molar-refractivity contribution is -0.345. The van der Waals surface area contributed by atoms with Crippen molar-refractivity contribution < 1.29 is 73.1 Å². The van der Waals surface area contributed by atoms with E-state index in [0.717, 1.165) is 25.7 Å². The molecule has 0 spiro atoms. The van der Waals surface area contributed by atoms with E-state index in [9.17, 15) is 39.9 Å². The van der Waals surface area contributed by atoms with Gasteiger partial charge in [0.05, 0.1) is 38.1 Å². The van der Waals surface area contributed by atoms with E-state index in [2.05, 4.69) is 33.8 Å². The predicted octanol–water partition coefficient (Wildman–Crippen LogP) is 4.02. The Kier molecular flexibility index (Phi) is 14.0. The Bertz CT molecular complexity index is 1800. The Morgan fingerprint density at radius 3 is 2.19 bits per heavy atom. The lowest BCUT2D eigenvalue weighted by Crippen LogP contribution is -2.64. The van der Waals surface area contributed by atoms with Crippen LogP contribution in [0.1, 0.15) is 110 Å². The number of carbonyl (C=O) groups is 3. The maximum absolute atomic E-state index is 14.2. The SMILES string of the molecule is COc1ccc(C(=O)O[C@H]2[C@H](O[C@H]3[C@@H](O)COC(OC4CC5C6CC=C7C[C@@H](O)CC[C@]7(C)C6CC[C@]5(C)[C@@]4(O)C(C)C(=O)CCC(C)C)[C@@H]3OC(C)=O)OC[C@@H](O)[C@@H]2O)cc1. The second-order valence-corrected chi connectivity index (χ2v) is 19.7. The molecule has 1 aromatic rings. The molecule has 17 atom stereocenters. The van der Waals surface area contributed by atoms with Crippen molar-refractivity contribution in [1.29, 1.82) is 0 Å². The molecule has 6 aliphatic rings. The number of hydrogen-bond acceptors (Lipinski definition) is 15. The van der Waals surface area contributed by atoms with Crippen molar-refractivity contribution in [1.82, 2.24) is 0 Å². The molecular formula is C47H68O15. The van der Waals surface area contributed by atoms with Crippen LogP contribution in [-0.4, -0.2) is 131 Å². The van der Waals surface area contributed by atoms with E-state index in [4.69, 9.17) is 33.2 Å². The number of carbonyl (C=O) groups excluding carboxylic acids is 3. The molecule has 0 radical (unpaired) electrons. The number of ketones is 1. The lowest BCUT2D eigenvalue weighted by Gasteiger charge is -2.59. The number of hydrogen-bond donors (Lipinski definition) is 5. The molecular weight excluding hydrogens is 805 g/mol. The molecule has 2 aliphatic heterocycles. The summed E-state index contributed by atoms with van der Waals surface area (Å²) in [6, 6.07) is 6.05. The number of fused-ring (bicyclic) bond motifs is 5. The van der Waals surface area contributed by atoms with Gasteiger partial charge in [0, 0.05) is 24.7 Å². The summed E-state index contributed by atoms with van der Waals surface area (Å²) in [4.78, 5) is 40.3. The second-order valence-electron chi connectivity index (χ2n) is 19.7. The number of rotatable bonds is 13. The summed E-state index contributed by atoms with van der Waals surface area (Å²) in [6.45, 7) is 10.7.